The van der Waals surface area contributed by atoms with E-state index in [0.717, 1.165) is 11.3 Å². The highest BCUT2D eigenvalue weighted by molar-refractivity contribution is 5.93. The zero-order valence-electron chi connectivity index (χ0n) is 20.6. The first kappa shape index (κ1) is 24.8. The van der Waals surface area contributed by atoms with Crippen LogP contribution in [0, 0.1) is 5.92 Å². The van der Waals surface area contributed by atoms with E-state index in [1.165, 1.54) is 13.2 Å². The van der Waals surface area contributed by atoms with Gasteiger partial charge >= 0.3 is 5.97 Å². The van der Waals surface area contributed by atoms with Crippen molar-refractivity contribution in [2.24, 2.45) is 5.92 Å². The summed E-state index contributed by atoms with van der Waals surface area (Å²) in [5.74, 6) is 0.639. The van der Waals surface area contributed by atoms with E-state index in [-0.39, 0.29) is 29.7 Å². The largest absolute Gasteiger partial charge is 0.494 e. The Morgan fingerprint density at radius 3 is 2.60 bits per heavy atom. The highest BCUT2D eigenvalue weighted by Gasteiger charge is 2.30. The molecule has 1 aromatic carbocycles. The molecular weight excluding hydrogens is 450 g/mol. The Hall–Kier alpha value is -3.33. The van der Waals surface area contributed by atoms with Crippen molar-refractivity contribution in [2.45, 2.75) is 32.9 Å². The molecule has 1 saturated heterocycles. The fraction of sp³-hybridized carbons (Fsp3) is 0.500. The average Bonchev–Trinajstić information content (AvgIpc) is 3.03. The predicted octanol–water partition coefficient (Wildman–Crippen LogP) is 1.95. The SMILES string of the molecule is CCOc1ccccc1CN1CCc2c(C(=O)OC)c(OCC3CC(=O)N(C)C3)cc(=O)n2CC1. The normalized spacial score (nSPS) is 18.2. The zero-order valence-corrected chi connectivity index (χ0v) is 20.6. The van der Waals surface area contributed by atoms with Crippen LogP contribution in [-0.4, -0.2) is 73.2 Å². The Morgan fingerprint density at radius 1 is 1.09 bits per heavy atom. The molecule has 2 aliphatic rings. The minimum Gasteiger partial charge on any atom is -0.494 e. The summed E-state index contributed by atoms with van der Waals surface area (Å²) in [4.78, 5) is 41.6. The van der Waals surface area contributed by atoms with Crippen LogP contribution >= 0.6 is 0 Å². The number of ether oxygens (including phenoxy) is 3. The third-order valence-electron chi connectivity index (χ3n) is 6.64. The molecule has 2 aliphatic heterocycles. The number of likely N-dealkylation sites (tertiary alicyclic amines) is 1. The molecule has 1 atom stereocenters. The molecule has 0 radical (unpaired) electrons. The van der Waals surface area contributed by atoms with E-state index in [2.05, 4.69) is 4.90 Å². The highest BCUT2D eigenvalue weighted by Crippen LogP contribution is 2.27. The number of rotatable bonds is 8. The van der Waals surface area contributed by atoms with Crippen molar-refractivity contribution in [1.82, 2.24) is 14.4 Å². The van der Waals surface area contributed by atoms with Gasteiger partial charge in [0.25, 0.3) is 5.56 Å². The number of carbonyl (C=O) groups is 2. The number of benzene rings is 1. The van der Waals surface area contributed by atoms with E-state index < -0.39 is 5.97 Å². The Kier molecular flexibility index (Phi) is 7.75. The topological polar surface area (TPSA) is 90.3 Å². The van der Waals surface area contributed by atoms with Gasteiger partial charge in [-0.05, 0) is 13.0 Å². The lowest BCUT2D eigenvalue weighted by molar-refractivity contribution is -0.126. The fourth-order valence-electron chi connectivity index (χ4n) is 4.83. The molecule has 0 N–H and O–H groups in total. The van der Waals surface area contributed by atoms with Gasteiger partial charge in [0.2, 0.25) is 5.91 Å². The molecule has 0 spiro atoms. The molecule has 0 aliphatic carbocycles. The number of hydrogen-bond acceptors (Lipinski definition) is 7. The van der Waals surface area contributed by atoms with Crippen LogP contribution < -0.4 is 15.0 Å². The average molecular weight is 484 g/mol. The lowest BCUT2D eigenvalue weighted by atomic mass is 10.1. The Morgan fingerprint density at radius 2 is 1.89 bits per heavy atom. The van der Waals surface area contributed by atoms with Gasteiger partial charge in [-0.3, -0.25) is 14.5 Å². The molecule has 1 unspecified atom stereocenters. The number of esters is 1. The van der Waals surface area contributed by atoms with Crippen LogP contribution in [0.3, 0.4) is 0 Å². The summed E-state index contributed by atoms with van der Waals surface area (Å²) in [7, 11) is 3.09. The number of fused-ring (bicyclic) bond motifs is 1. The molecular formula is C26H33N3O6. The van der Waals surface area contributed by atoms with E-state index in [1.807, 2.05) is 31.2 Å². The molecule has 1 amide bonds. The summed E-state index contributed by atoms with van der Waals surface area (Å²) in [6, 6.07) is 9.33. The van der Waals surface area contributed by atoms with Gasteiger partial charge in [-0.25, -0.2) is 4.79 Å². The van der Waals surface area contributed by atoms with Crippen molar-refractivity contribution in [2.75, 3.05) is 47.0 Å². The summed E-state index contributed by atoms with van der Waals surface area (Å²) < 4.78 is 18.5. The molecule has 188 valence electrons. The Balaban J connectivity index is 1.56. The van der Waals surface area contributed by atoms with Crippen LogP contribution in [0.1, 0.15) is 35.0 Å². The summed E-state index contributed by atoms with van der Waals surface area (Å²) >= 11 is 0. The second kappa shape index (κ2) is 10.9. The van der Waals surface area contributed by atoms with Crippen molar-refractivity contribution in [3.8, 4) is 11.5 Å². The Labute approximate surface area is 205 Å². The van der Waals surface area contributed by atoms with Gasteiger partial charge in [-0.2, -0.15) is 0 Å². The number of pyridine rings is 1. The molecule has 1 fully saturated rings. The third kappa shape index (κ3) is 5.51. The Bertz CT molecular complexity index is 1140. The lowest BCUT2D eigenvalue weighted by Crippen LogP contribution is -2.29. The third-order valence-corrected chi connectivity index (χ3v) is 6.64. The first-order valence-corrected chi connectivity index (χ1v) is 12.1. The van der Waals surface area contributed by atoms with E-state index >= 15 is 0 Å². The number of carbonyl (C=O) groups excluding carboxylic acids is 2. The van der Waals surface area contributed by atoms with E-state index in [4.69, 9.17) is 14.2 Å². The quantitative estimate of drug-likeness (QED) is 0.530. The van der Waals surface area contributed by atoms with Gasteiger partial charge in [0.05, 0.1) is 20.3 Å². The maximum atomic E-state index is 13.0. The number of amides is 1. The monoisotopic (exact) mass is 483 g/mol. The molecule has 35 heavy (non-hydrogen) atoms. The number of hydrogen-bond donors (Lipinski definition) is 0. The molecule has 1 aromatic heterocycles. The second-order valence-electron chi connectivity index (χ2n) is 9.03. The van der Waals surface area contributed by atoms with Crippen LogP contribution in [-0.2, 0) is 29.0 Å². The molecule has 9 heteroatoms. The van der Waals surface area contributed by atoms with Crippen molar-refractivity contribution < 1.29 is 23.8 Å². The second-order valence-corrected chi connectivity index (χ2v) is 9.03. The van der Waals surface area contributed by atoms with Gasteiger partial charge in [-0.15, -0.1) is 0 Å². The number of aromatic nitrogens is 1. The van der Waals surface area contributed by atoms with Gasteiger partial charge in [-0.1, -0.05) is 18.2 Å². The molecule has 4 rings (SSSR count). The maximum Gasteiger partial charge on any atom is 0.343 e. The van der Waals surface area contributed by atoms with Gasteiger partial charge in [0, 0.05) is 75.9 Å². The van der Waals surface area contributed by atoms with Crippen LogP contribution in [0.25, 0.3) is 0 Å². The number of methoxy groups -OCH3 is 1. The van der Waals surface area contributed by atoms with Crippen molar-refractivity contribution in [3.63, 3.8) is 0 Å². The van der Waals surface area contributed by atoms with Gasteiger partial charge in [0.1, 0.15) is 17.1 Å². The number of para-hydroxylation sites is 1. The van der Waals surface area contributed by atoms with Crippen LogP contribution in [0.2, 0.25) is 0 Å². The molecule has 3 heterocycles. The standard InChI is InChI=1S/C26H33N3O6/c1-4-34-21-8-6-5-7-19(21)16-28-10-9-20-25(26(32)33-3)22(14-24(31)29(20)12-11-28)35-17-18-13-23(30)27(2)15-18/h5-8,14,18H,4,9-13,15-17H2,1-3H3. The van der Waals surface area contributed by atoms with E-state index in [0.29, 0.717) is 63.4 Å². The van der Waals surface area contributed by atoms with Gasteiger partial charge in [0.15, 0.2) is 0 Å². The minimum absolute atomic E-state index is 0.0143. The summed E-state index contributed by atoms with van der Waals surface area (Å²) in [5.41, 5.74) is 1.79. The fourth-order valence-corrected chi connectivity index (χ4v) is 4.83. The van der Waals surface area contributed by atoms with E-state index in [1.54, 1.807) is 16.5 Å². The summed E-state index contributed by atoms with van der Waals surface area (Å²) in [6.45, 7) is 5.85. The number of nitrogens with zero attached hydrogens (tertiary/aromatic N) is 3. The van der Waals surface area contributed by atoms with Crippen molar-refractivity contribution in [3.05, 3.63) is 57.5 Å². The van der Waals surface area contributed by atoms with Crippen LogP contribution in [0.15, 0.2) is 35.1 Å². The first-order chi connectivity index (χ1) is 16.9. The summed E-state index contributed by atoms with van der Waals surface area (Å²) in [5, 5.41) is 0. The van der Waals surface area contributed by atoms with Crippen LogP contribution in [0.5, 0.6) is 11.5 Å². The van der Waals surface area contributed by atoms with Crippen LogP contribution in [0.4, 0.5) is 0 Å². The molecule has 2 aromatic rings. The molecule has 0 bridgehead atoms. The highest BCUT2D eigenvalue weighted by atomic mass is 16.5. The van der Waals surface area contributed by atoms with Crippen molar-refractivity contribution in [1.29, 1.82) is 0 Å². The first-order valence-electron chi connectivity index (χ1n) is 12.1. The molecule has 9 nitrogen and oxygen atoms in total. The smallest absolute Gasteiger partial charge is 0.343 e. The summed E-state index contributed by atoms with van der Waals surface area (Å²) in [6.07, 6.45) is 0.893. The predicted molar refractivity (Wildman–Crippen MR) is 130 cm³/mol. The minimum atomic E-state index is -0.529. The maximum absolute atomic E-state index is 13.0. The van der Waals surface area contributed by atoms with Crippen molar-refractivity contribution >= 4 is 11.9 Å². The van der Waals surface area contributed by atoms with E-state index in [9.17, 15) is 14.4 Å². The van der Waals surface area contributed by atoms with Gasteiger partial charge < -0.3 is 23.7 Å². The zero-order chi connectivity index (χ0) is 24.9. The lowest BCUT2D eigenvalue weighted by Gasteiger charge is -2.21. The molecule has 0 saturated carbocycles.